The van der Waals surface area contributed by atoms with Gasteiger partial charge in [-0.15, -0.1) is 0 Å². The number of benzene rings is 1. The van der Waals surface area contributed by atoms with Crippen LogP contribution in [0.25, 0.3) is 0 Å². The number of hydrogen-bond donors (Lipinski definition) is 0. The minimum absolute atomic E-state index is 0.300. The predicted octanol–water partition coefficient (Wildman–Crippen LogP) is 4.38. The highest BCUT2D eigenvalue weighted by Gasteiger charge is 2.47. The highest BCUT2D eigenvalue weighted by Crippen LogP contribution is 2.52. The summed E-state index contributed by atoms with van der Waals surface area (Å²) in [5.74, 6) is 1.44. The summed E-state index contributed by atoms with van der Waals surface area (Å²) in [7, 11) is 0. The molecular formula is C19H26O2. The average Bonchev–Trinajstić information content (AvgIpc) is 2.50. The van der Waals surface area contributed by atoms with E-state index in [4.69, 9.17) is 4.74 Å². The minimum atomic E-state index is 0.300. The standard InChI is InChI=1S/C19H26O2/c1-14-17-12-16(20)8-10-19(17,2)11-9-18(14)21-13-15-6-4-3-5-7-15/h3-7,14,17-18H,8-13H2,1-2H3/t14-,17-,18-,19-/m0/s1. The van der Waals surface area contributed by atoms with Crippen LogP contribution in [0.5, 0.6) is 0 Å². The van der Waals surface area contributed by atoms with Crippen molar-refractivity contribution < 1.29 is 9.53 Å². The molecule has 1 aromatic carbocycles. The first-order valence-corrected chi connectivity index (χ1v) is 8.26. The van der Waals surface area contributed by atoms with E-state index in [0.717, 1.165) is 25.7 Å². The Kier molecular flexibility index (Phi) is 4.17. The Bertz CT molecular complexity index is 496. The van der Waals surface area contributed by atoms with E-state index in [-0.39, 0.29) is 0 Å². The number of carbonyl (C=O) groups is 1. The third kappa shape index (κ3) is 3.06. The van der Waals surface area contributed by atoms with Crippen LogP contribution >= 0.6 is 0 Å². The Morgan fingerprint density at radius 3 is 2.76 bits per heavy atom. The first kappa shape index (κ1) is 14.8. The average molecular weight is 286 g/mol. The zero-order chi connectivity index (χ0) is 14.9. The molecule has 114 valence electrons. The van der Waals surface area contributed by atoms with Crippen molar-refractivity contribution in [3.05, 3.63) is 35.9 Å². The van der Waals surface area contributed by atoms with E-state index in [9.17, 15) is 4.79 Å². The molecule has 0 radical (unpaired) electrons. The maximum absolute atomic E-state index is 11.9. The Labute approximate surface area is 127 Å². The van der Waals surface area contributed by atoms with Crippen LogP contribution in [0.1, 0.15) is 51.5 Å². The molecule has 0 aromatic heterocycles. The molecule has 2 saturated carbocycles. The van der Waals surface area contributed by atoms with Gasteiger partial charge in [0.15, 0.2) is 0 Å². The lowest BCUT2D eigenvalue weighted by molar-refractivity contribution is -0.135. The first-order chi connectivity index (χ1) is 10.1. The van der Waals surface area contributed by atoms with Gasteiger partial charge in [0.05, 0.1) is 12.7 Å². The molecule has 0 saturated heterocycles. The molecule has 2 nitrogen and oxygen atoms in total. The quantitative estimate of drug-likeness (QED) is 0.824. The van der Waals surface area contributed by atoms with E-state index in [1.54, 1.807) is 0 Å². The molecule has 2 aliphatic carbocycles. The predicted molar refractivity (Wildman–Crippen MR) is 83.9 cm³/mol. The maximum Gasteiger partial charge on any atom is 0.133 e. The summed E-state index contributed by atoms with van der Waals surface area (Å²) in [6.07, 6.45) is 5.27. The Hall–Kier alpha value is -1.15. The monoisotopic (exact) mass is 286 g/mol. The molecule has 0 aliphatic heterocycles. The highest BCUT2D eigenvalue weighted by atomic mass is 16.5. The van der Waals surface area contributed by atoms with Gasteiger partial charge in [0.25, 0.3) is 0 Å². The van der Waals surface area contributed by atoms with E-state index < -0.39 is 0 Å². The van der Waals surface area contributed by atoms with Gasteiger partial charge in [0, 0.05) is 12.8 Å². The van der Waals surface area contributed by atoms with E-state index in [0.29, 0.717) is 35.7 Å². The van der Waals surface area contributed by atoms with Crippen LogP contribution in [0.4, 0.5) is 0 Å². The molecule has 21 heavy (non-hydrogen) atoms. The summed E-state index contributed by atoms with van der Waals surface area (Å²) < 4.78 is 6.20. The molecule has 3 rings (SSSR count). The van der Waals surface area contributed by atoms with Gasteiger partial charge in [-0.05, 0) is 42.1 Å². The molecule has 0 heterocycles. The van der Waals surface area contributed by atoms with Crippen LogP contribution in [0.3, 0.4) is 0 Å². The van der Waals surface area contributed by atoms with Crippen molar-refractivity contribution in [3.63, 3.8) is 0 Å². The van der Waals surface area contributed by atoms with Crippen LogP contribution < -0.4 is 0 Å². The second-order valence-electron chi connectivity index (χ2n) is 7.24. The van der Waals surface area contributed by atoms with E-state index in [1.807, 2.05) is 6.07 Å². The highest BCUT2D eigenvalue weighted by molar-refractivity contribution is 5.79. The summed E-state index contributed by atoms with van der Waals surface area (Å²) in [4.78, 5) is 11.9. The molecule has 2 fully saturated rings. The summed E-state index contributed by atoms with van der Waals surface area (Å²) in [5, 5.41) is 0. The van der Waals surface area contributed by atoms with Crippen LogP contribution in [-0.4, -0.2) is 11.9 Å². The van der Waals surface area contributed by atoms with Gasteiger partial charge in [-0.3, -0.25) is 4.79 Å². The smallest absolute Gasteiger partial charge is 0.133 e. The van der Waals surface area contributed by atoms with Gasteiger partial charge in [0.1, 0.15) is 5.78 Å². The second kappa shape index (κ2) is 5.92. The minimum Gasteiger partial charge on any atom is -0.373 e. The zero-order valence-electron chi connectivity index (χ0n) is 13.2. The fourth-order valence-corrected chi connectivity index (χ4v) is 4.34. The van der Waals surface area contributed by atoms with Gasteiger partial charge in [0.2, 0.25) is 0 Å². The SMILES string of the molecule is C[C@@H]1[C@@H](OCc2ccccc2)CC[C@]2(C)CCC(=O)C[C@@H]12. The number of fused-ring (bicyclic) bond motifs is 1. The molecule has 0 unspecified atom stereocenters. The van der Waals surface area contributed by atoms with Crippen molar-refractivity contribution in [1.82, 2.24) is 0 Å². The van der Waals surface area contributed by atoms with Gasteiger partial charge in [-0.1, -0.05) is 44.2 Å². The lowest BCUT2D eigenvalue weighted by atomic mass is 9.56. The third-order valence-electron chi connectivity index (χ3n) is 5.85. The van der Waals surface area contributed by atoms with Crippen LogP contribution in [-0.2, 0) is 16.1 Å². The Balaban J connectivity index is 1.64. The summed E-state index contributed by atoms with van der Waals surface area (Å²) >= 11 is 0. The fourth-order valence-electron chi connectivity index (χ4n) is 4.34. The van der Waals surface area contributed by atoms with E-state index in [2.05, 4.69) is 38.1 Å². The molecule has 0 amide bonds. The lowest BCUT2D eigenvalue weighted by Crippen LogP contribution is -2.47. The summed E-state index contributed by atoms with van der Waals surface area (Å²) in [5.41, 5.74) is 1.60. The van der Waals surface area contributed by atoms with Gasteiger partial charge in [-0.25, -0.2) is 0 Å². The van der Waals surface area contributed by atoms with Gasteiger partial charge in [-0.2, -0.15) is 0 Å². The number of ketones is 1. The van der Waals surface area contributed by atoms with Crippen LogP contribution in [0.15, 0.2) is 30.3 Å². The van der Waals surface area contributed by atoms with Crippen molar-refractivity contribution in [2.45, 2.75) is 58.7 Å². The van der Waals surface area contributed by atoms with E-state index >= 15 is 0 Å². The van der Waals surface area contributed by atoms with Crippen molar-refractivity contribution >= 4 is 5.78 Å². The summed E-state index contributed by atoms with van der Waals surface area (Å²) in [6, 6.07) is 10.4. The van der Waals surface area contributed by atoms with Crippen LogP contribution in [0, 0.1) is 17.3 Å². The largest absolute Gasteiger partial charge is 0.373 e. The number of rotatable bonds is 3. The first-order valence-electron chi connectivity index (χ1n) is 8.26. The second-order valence-corrected chi connectivity index (χ2v) is 7.24. The molecule has 2 heteroatoms. The molecule has 0 N–H and O–H groups in total. The molecule has 4 atom stereocenters. The Morgan fingerprint density at radius 1 is 1.24 bits per heavy atom. The molecular weight excluding hydrogens is 260 g/mol. The normalized spacial score (nSPS) is 36.3. The number of hydrogen-bond acceptors (Lipinski definition) is 2. The van der Waals surface area contributed by atoms with E-state index in [1.165, 1.54) is 12.0 Å². The molecule has 0 spiro atoms. The lowest BCUT2D eigenvalue weighted by Gasteiger charge is -2.50. The van der Waals surface area contributed by atoms with Crippen molar-refractivity contribution in [2.24, 2.45) is 17.3 Å². The molecule has 0 bridgehead atoms. The number of carbonyl (C=O) groups excluding carboxylic acids is 1. The topological polar surface area (TPSA) is 26.3 Å². The summed E-state index contributed by atoms with van der Waals surface area (Å²) in [6.45, 7) is 5.36. The number of Topliss-reactive ketones (excluding diaryl/α,β-unsaturated/α-hetero) is 1. The maximum atomic E-state index is 11.9. The molecule has 1 aromatic rings. The Morgan fingerprint density at radius 2 is 2.00 bits per heavy atom. The van der Waals surface area contributed by atoms with Crippen molar-refractivity contribution in [3.8, 4) is 0 Å². The fraction of sp³-hybridized carbons (Fsp3) is 0.632. The van der Waals surface area contributed by atoms with Gasteiger partial charge < -0.3 is 4.74 Å². The molecule has 2 aliphatic rings. The zero-order valence-corrected chi connectivity index (χ0v) is 13.2. The third-order valence-corrected chi connectivity index (χ3v) is 5.85. The van der Waals surface area contributed by atoms with Crippen molar-refractivity contribution in [2.75, 3.05) is 0 Å². The van der Waals surface area contributed by atoms with Gasteiger partial charge >= 0.3 is 0 Å². The number of ether oxygens (including phenoxy) is 1. The van der Waals surface area contributed by atoms with Crippen molar-refractivity contribution in [1.29, 1.82) is 0 Å². The van der Waals surface area contributed by atoms with Crippen LogP contribution in [0.2, 0.25) is 0 Å².